The van der Waals surface area contributed by atoms with E-state index in [1.165, 1.54) is 12.8 Å². The third-order valence-electron chi connectivity index (χ3n) is 3.24. The van der Waals surface area contributed by atoms with Gasteiger partial charge in [-0.2, -0.15) is 9.97 Å². The Morgan fingerprint density at radius 1 is 1.41 bits per heavy atom. The summed E-state index contributed by atoms with van der Waals surface area (Å²) in [4.78, 5) is 8.15. The number of rotatable bonds is 6. The minimum absolute atomic E-state index is 0.245. The van der Waals surface area contributed by atoms with Crippen LogP contribution in [0.15, 0.2) is 6.07 Å². The van der Waals surface area contributed by atoms with Crippen molar-refractivity contribution in [3.63, 3.8) is 0 Å². The molecule has 1 saturated carbocycles. The molecule has 0 aromatic carbocycles. The molecule has 0 aliphatic heterocycles. The van der Waals surface area contributed by atoms with Gasteiger partial charge in [0.2, 0.25) is 5.95 Å². The van der Waals surface area contributed by atoms with Crippen LogP contribution >= 0.6 is 0 Å². The van der Waals surface area contributed by atoms with Crippen LogP contribution in [0.25, 0.3) is 0 Å². The van der Waals surface area contributed by atoms with Crippen LogP contribution in [0.1, 0.15) is 19.3 Å². The van der Waals surface area contributed by atoms with Crippen LogP contribution in [0.4, 0.5) is 17.6 Å². The summed E-state index contributed by atoms with van der Waals surface area (Å²) in [6, 6.07) is 1.82. The molecule has 0 saturated heterocycles. The van der Waals surface area contributed by atoms with Gasteiger partial charge in [0.25, 0.3) is 0 Å². The molecular formula is C11H19N5O. The Balaban J connectivity index is 1.97. The van der Waals surface area contributed by atoms with Gasteiger partial charge in [-0.05, 0) is 24.7 Å². The summed E-state index contributed by atoms with van der Waals surface area (Å²) in [7, 11) is 1.79. The van der Waals surface area contributed by atoms with Crippen LogP contribution in [0.3, 0.4) is 0 Å². The zero-order valence-electron chi connectivity index (χ0n) is 10.0. The van der Waals surface area contributed by atoms with Gasteiger partial charge in [-0.25, -0.2) is 0 Å². The topological polar surface area (TPSA) is 96.1 Å². The van der Waals surface area contributed by atoms with Gasteiger partial charge in [0.15, 0.2) is 0 Å². The number of aliphatic hydroxyl groups is 1. The number of nitrogens with one attached hydrogen (secondary N) is 2. The van der Waals surface area contributed by atoms with Crippen LogP contribution < -0.4 is 16.4 Å². The standard InChI is InChI=1S/C11H19N5O/c1-13-8-6-9(16-10(12)15-8)14-7-11(2-3-11)4-5-17/h6,17H,2-5,7H2,1H3,(H4,12,13,14,15,16). The average molecular weight is 237 g/mol. The van der Waals surface area contributed by atoms with Gasteiger partial charge in [0, 0.05) is 26.3 Å². The molecule has 5 N–H and O–H groups in total. The Kier molecular flexibility index (Phi) is 3.33. The second-order valence-electron chi connectivity index (χ2n) is 4.57. The first-order valence-corrected chi connectivity index (χ1v) is 5.84. The number of nitrogens with two attached hydrogens (primary N) is 1. The van der Waals surface area contributed by atoms with Crippen LogP contribution in [0.5, 0.6) is 0 Å². The molecule has 1 aromatic heterocycles. The van der Waals surface area contributed by atoms with E-state index >= 15 is 0 Å². The lowest BCUT2D eigenvalue weighted by Crippen LogP contribution is -2.18. The van der Waals surface area contributed by atoms with E-state index in [1.807, 2.05) is 6.07 Å². The fraction of sp³-hybridized carbons (Fsp3) is 0.636. The van der Waals surface area contributed by atoms with Gasteiger partial charge < -0.3 is 21.5 Å². The Morgan fingerprint density at radius 3 is 2.71 bits per heavy atom. The van der Waals surface area contributed by atoms with Gasteiger partial charge in [0.05, 0.1) is 0 Å². The molecule has 0 radical (unpaired) electrons. The molecule has 0 atom stereocenters. The molecule has 2 rings (SSSR count). The average Bonchev–Trinajstić information content (AvgIpc) is 3.07. The number of anilines is 3. The Morgan fingerprint density at radius 2 is 2.12 bits per heavy atom. The second kappa shape index (κ2) is 4.75. The Bertz CT molecular complexity index is 391. The quantitative estimate of drug-likeness (QED) is 0.581. The van der Waals surface area contributed by atoms with Crippen molar-refractivity contribution in [3.8, 4) is 0 Å². The normalized spacial score (nSPS) is 16.6. The van der Waals surface area contributed by atoms with Gasteiger partial charge in [-0.1, -0.05) is 0 Å². The van der Waals surface area contributed by atoms with Crippen molar-refractivity contribution in [2.45, 2.75) is 19.3 Å². The highest BCUT2D eigenvalue weighted by Gasteiger charge is 2.41. The summed E-state index contributed by atoms with van der Waals surface area (Å²) in [6.07, 6.45) is 3.18. The van der Waals surface area contributed by atoms with Gasteiger partial charge in [0.1, 0.15) is 11.6 Å². The SMILES string of the molecule is CNc1cc(NCC2(CCO)CC2)nc(N)n1. The van der Waals surface area contributed by atoms with Crippen molar-refractivity contribution in [1.82, 2.24) is 9.97 Å². The molecular weight excluding hydrogens is 218 g/mol. The van der Waals surface area contributed by atoms with Crippen molar-refractivity contribution in [2.75, 3.05) is 36.6 Å². The monoisotopic (exact) mass is 237 g/mol. The second-order valence-corrected chi connectivity index (χ2v) is 4.57. The molecule has 0 amide bonds. The number of aromatic nitrogens is 2. The van der Waals surface area contributed by atoms with E-state index in [0.29, 0.717) is 5.82 Å². The largest absolute Gasteiger partial charge is 0.396 e. The van der Waals surface area contributed by atoms with Crippen molar-refractivity contribution in [1.29, 1.82) is 0 Å². The fourth-order valence-corrected chi connectivity index (χ4v) is 1.89. The maximum absolute atomic E-state index is 8.98. The van der Waals surface area contributed by atoms with Crippen molar-refractivity contribution in [2.24, 2.45) is 5.41 Å². The van der Waals surface area contributed by atoms with Crippen molar-refractivity contribution in [3.05, 3.63) is 6.07 Å². The van der Waals surface area contributed by atoms with Crippen molar-refractivity contribution >= 4 is 17.6 Å². The minimum Gasteiger partial charge on any atom is -0.396 e. The molecule has 0 unspecified atom stereocenters. The maximum atomic E-state index is 8.98. The minimum atomic E-state index is 0.245. The number of hydrogen-bond donors (Lipinski definition) is 4. The Hall–Kier alpha value is -1.56. The molecule has 6 nitrogen and oxygen atoms in total. The lowest BCUT2D eigenvalue weighted by molar-refractivity contribution is 0.253. The zero-order chi connectivity index (χ0) is 12.3. The van der Waals surface area contributed by atoms with Gasteiger partial charge in [-0.15, -0.1) is 0 Å². The van der Waals surface area contributed by atoms with E-state index in [0.717, 1.165) is 18.8 Å². The molecule has 17 heavy (non-hydrogen) atoms. The van der Waals surface area contributed by atoms with Crippen molar-refractivity contribution < 1.29 is 5.11 Å². The fourth-order valence-electron chi connectivity index (χ4n) is 1.89. The number of hydrogen-bond acceptors (Lipinski definition) is 6. The highest BCUT2D eigenvalue weighted by Crippen LogP contribution is 2.48. The summed E-state index contributed by atoms with van der Waals surface area (Å²) in [5.41, 5.74) is 5.86. The zero-order valence-corrected chi connectivity index (χ0v) is 10.0. The van der Waals surface area contributed by atoms with E-state index in [-0.39, 0.29) is 18.0 Å². The molecule has 94 valence electrons. The number of nitrogen functional groups attached to an aromatic ring is 1. The van der Waals surface area contributed by atoms with E-state index < -0.39 is 0 Å². The number of nitrogens with zero attached hydrogens (tertiary/aromatic N) is 2. The first kappa shape index (κ1) is 11.9. The molecule has 0 spiro atoms. The number of aliphatic hydroxyl groups excluding tert-OH is 1. The van der Waals surface area contributed by atoms with Crippen LogP contribution in [0.2, 0.25) is 0 Å². The summed E-state index contributed by atoms with van der Waals surface area (Å²) in [5.74, 6) is 1.68. The summed E-state index contributed by atoms with van der Waals surface area (Å²) >= 11 is 0. The highest BCUT2D eigenvalue weighted by molar-refractivity contribution is 5.50. The summed E-state index contributed by atoms with van der Waals surface area (Å²) in [6.45, 7) is 1.07. The van der Waals surface area contributed by atoms with Gasteiger partial charge in [-0.3, -0.25) is 0 Å². The van der Waals surface area contributed by atoms with E-state index in [2.05, 4.69) is 20.6 Å². The van der Waals surface area contributed by atoms with Crippen LogP contribution in [-0.2, 0) is 0 Å². The molecule has 1 aromatic rings. The first-order valence-electron chi connectivity index (χ1n) is 5.84. The third kappa shape index (κ3) is 2.97. The van der Waals surface area contributed by atoms with Crippen LogP contribution in [-0.4, -0.2) is 35.3 Å². The molecule has 0 bridgehead atoms. The van der Waals surface area contributed by atoms with E-state index in [4.69, 9.17) is 10.8 Å². The molecule has 1 aliphatic rings. The predicted molar refractivity (Wildman–Crippen MR) is 67.9 cm³/mol. The smallest absolute Gasteiger partial charge is 0.223 e. The third-order valence-corrected chi connectivity index (χ3v) is 3.24. The molecule has 1 aliphatic carbocycles. The highest BCUT2D eigenvalue weighted by atomic mass is 16.3. The first-order chi connectivity index (χ1) is 8.17. The summed E-state index contributed by atoms with van der Waals surface area (Å²) < 4.78 is 0. The molecule has 1 heterocycles. The lowest BCUT2D eigenvalue weighted by atomic mass is 10.0. The summed E-state index contributed by atoms with van der Waals surface area (Å²) in [5, 5.41) is 15.2. The van der Waals surface area contributed by atoms with E-state index in [1.54, 1.807) is 7.05 Å². The maximum Gasteiger partial charge on any atom is 0.223 e. The van der Waals surface area contributed by atoms with Crippen LogP contribution in [0, 0.1) is 5.41 Å². The predicted octanol–water partition coefficient (Wildman–Crippen LogP) is 0.675. The lowest BCUT2D eigenvalue weighted by Gasteiger charge is -2.15. The Labute approximate surface area is 101 Å². The van der Waals surface area contributed by atoms with E-state index in [9.17, 15) is 0 Å². The molecule has 1 fully saturated rings. The van der Waals surface area contributed by atoms with Gasteiger partial charge >= 0.3 is 0 Å². The molecule has 6 heteroatoms.